The van der Waals surface area contributed by atoms with Crippen molar-refractivity contribution in [1.82, 2.24) is 9.99 Å². The molecule has 0 fully saturated rings. The summed E-state index contributed by atoms with van der Waals surface area (Å²) in [5.41, 5.74) is 0. The molecule has 0 radical (unpaired) electrons. The van der Waals surface area contributed by atoms with E-state index in [1.807, 2.05) is 0 Å². The van der Waals surface area contributed by atoms with Gasteiger partial charge in [-0.1, -0.05) is 0 Å². The van der Waals surface area contributed by atoms with Crippen LogP contribution in [0.15, 0.2) is 29.6 Å². The van der Waals surface area contributed by atoms with Gasteiger partial charge in [-0.15, -0.1) is 0 Å². The zero-order valence-corrected chi connectivity index (χ0v) is 9.41. The maximum Gasteiger partial charge on any atom is 0.477 e. The van der Waals surface area contributed by atoms with Gasteiger partial charge in [0.15, 0.2) is 0 Å². The Morgan fingerprint density at radius 2 is 1.63 bits per heavy atom. The third-order valence-corrected chi connectivity index (χ3v) is 2.00. The number of halogens is 6. The molecule has 9 heteroatoms. The number of hydrogen-bond acceptors (Lipinski definition) is 3. The summed E-state index contributed by atoms with van der Waals surface area (Å²) in [6, 6.07) is -2.24. The Labute approximate surface area is 104 Å². The quantitative estimate of drug-likeness (QED) is 0.586. The number of hydrazone groups is 1. The molecule has 0 unspecified atom stereocenters. The predicted molar refractivity (Wildman–Crippen MR) is 55.0 cm³/mol. The van der Waals surface area contributed by atoms with Crippen LogP contribution in [0.5, 0.6) is 0 Å². The summed E-state index contributed by atoms with van der Waals surface area (Å²) in [5.74, 6) is -0.241. The standard InChI is InChI=1S/C5H5F5N2.C5H4FN/c6-4(7,8)5(9,10)12-3-1-2-11-12;6-5-1-3-7-4-2-5/h2H,1,3H2;1-4H. The highest BCUT2D eigenvalue weighted by molar-refractivity contribution is 5.58. The van der Waals surface area contributed by atoms with Gasteiger partial charge in [0.2, 0.25) is 0 Å². The highest BCUT2D eigenvalue weighted by atomic mass is 19.4. The van der Waals surface area contributed by atoms with Gasteiger partial charge in [-0.25, -0.2) is 9.40 Å². The molecule has 2 heterocycles. The molecule has 1 aliphatic heterocycles. The molecule has 1 aromatic rings. The van der Waals surface area contributed by atoms with Gasteiger partial charge in [-0.2, -0.15) is 27.1 Å². The third kappa shape index (κ3) is 4.11. The molecule has 1 aliphatic rings. The summed E-state index contributed by atoms with van der Waals surface area (Å²) in [6.45, 7) is -0.396. The lowest BCUT2D eigenvalue weighted by atomic mass is 10.4. The van der Waals surface area contributed by atoms with E-state index in [1.54, 1.807) is 0 Å². The predicted octanol–water partition coefficient (Wildman–Crippen LogP) is 3.05. The fourth-order valence-electron chi connectivity index (χ4n) is 1.09. The number of aromatic nitrogens is 1. The minimum Gasteiger partial charge on any atom is -0.265 e. The normalized spacial score (nSPS) is 15.2. The molecule has 2 rings (SSSR count). The van der Waals surface area contributed by atoms with Crippen molar-refractivity contribution in [3.63, 3.8) is 0 Å². The summed E-state index contributed by atoms with van der Waals surface area (Å²) in [4.78, 5) is 3.61. The van der Waals surface area contributed by atoms with Gasteiger partial charge in [-0.3, -0.25) is 4.98 Å². The van der Waals surface area contributed by atoms with Crippen LogP contribution in [-0.2, 0) is 0 Å². The minimum atomic E-state index is -5.56. The number of rotatable bonds is 1. The first-order chi connectivity index (χ1) is 8.75. The lowest BCUT2D eigenvalue weighted by Crippen LogP contribution is -2.48. The summed E-state index contributed by atoms with van der Waals surface area (Å²) in [6.07, 6.45) is -1.59. The average Bonchev–Trinajstić information content (AvgIpc) is 2.83. The van der Waals surface area contributed by atoms with E-state index in [2.05, 4.69) is 10.1 Å². The molecule has 0 bridgehead atoms. The van der Waals surface area contributed by atoms with Crippen LogP contribution in [0.2, 0.25) is 0 Å². The van der Waals surface area contributed by atoms with Crippen LogP contribution in [-0.4, -0.2) is 35.0 Å². The van der Waals surface area contributed by atoms with Crippen LogP contribution in [0.25, 0.3) is 0 Å². The summed E-state index contributed by atoms with van der Waals surface area (Å²) in [7, 11) is 0. The molecule has 1 aromatic heterocycles. The molecule has 0 atom stereocenters. The van der Waals surface area contributed by atoms with Crippen molar-refractivity contribution in [3.8, 4) is 0 Å². The Morgan fingerprint density at radius 3 is 1.95 bits per heavy atom. The molecular formula is C10H9F6N3. The van der Waals surface area contributed by atoms with Crippen LogP contribution in [0.4, 0.5) is 26.3 Å². The lowest BCUT2D eigenvalue weighted by molar-refractivity contribution is -0.339. The van der Waals surface area contributed by atoms with Crippen molar-refractivity contribution < 1.29 is 26.3 Å². The SMILES string of the molecule is FC(F)(F)C(F)(F)N1CCC=N1.Fc1ccncc1. The van der Waals surface area contributed by atoms with Crippen LogP contribution in [0.1, 0.15) is 6.42 Å². The molecule has 19 heavy (non-hydrogen) atoms. The smallest absolute Gasteiger partial charge is 0.265 e. The topological polar surface area (TPSA) is 28.5 Å². The molecular weight excluding hydrogens is 276 g/mol. The molecule has 0 saturated carbocycles. The lowest BCUT2D eigenvalue weighted by Gasteiger charge is -2.26. The first-order valence-corrected chi connectivity index (χ1v) is 5.05. The Hall–Kier alpha value is -1.80. The van der Waals surface area contributed by atoms with Crippen molar-refractivity contribution in [2.45, 2.75) is 18.6 Å². The van der Waals surface area contributed by atoms with Crippen molar-refractivity contribution in [3.05, 3.63) is 30.3 Å². The van der Waals surface area contributed by atoms with Gasteiger partial charge in [0, 0.05) is 31.6 Å². The van der Waals surface area contributed by atoms with Gasteiger partial charge in [0.05, 0.1) is 0 Å². The van der Waals surface area contributed by atoms with Crippen LogP contribution in [0.3, 0.4) is 0 Å². The van der Waals surface area contributed by atoms with E-state index in [0.29, 0.717) is 0 Å². The molecule has 106 valence electrons. The summed E-state index contributed by atoms with van der Waals surface area (Å²) < 4.78 is 71.4. The van der Waals surface area contributed by atoms with Gasteiger partial charge in [0.25, 0.3) is 0 Å². The fraction of sp³-hybridized carbons (Fsp3) is 0.400. The van der Waals surface area contributed by atoms with E-state index in [1.165, 1.54) is 24.5 Å². The van der Waals surface area contributed by atoms with Crippen molar-refractivity contribution in [1.29, 1.82) is 0 Å². The van der Waals surface area contributed by atoms with Crippen LogP contribution < -0.4 is 0 Å². The van der Waals surface area contributed by atoms with E-state index in [9.17, 15) is 26.3 Å². The second-order valence-corrected chi connectivity index (χ2v) is 3.41. The van der Waals surface area contributed by atoms with E-state index < -0.39 is 18.8 Å². The molecule has 0 N–H and O–H groups in total. The number of hydrogen-bond donors (Lipinski definition) is 0. The van der Waals surface area contributed by atoms with E-state index in [0.717, 1.165) is 6.21 Å². The monoisotopic (exact) mass is 285 g/mol. The van der Waals surface area contributed by atoms with Crippen LogP contribution in [0, 0.1) is 5.82 Å². The molecule has 0 aromatic carbocycles. The molecule has 0 spiro atoms. The Morgan fingerprint density at radius 1 is 1.05 bits per heavy atom. The second-order valence-electron chi connectivity index (χ2n) is 3.41. The number of alkyl halides is 5. The van der Waals surface area contributed by atoms with Gasteiger partial charge >= 0.3 is 12.2 Å². The molecule has 0 aliphatic carbocycles. The maximum absolute atomic E-state index is 12.3. The first-order valence-electron chi connectivity index (χ1n) is 5.05. The van der Waals surface area contributed by atoms with Gasteiger partial charge in [-0.05, 0) is 12.1 Å². The van der Waals surface area contributed by atoms with E-state index >= 15 is 0 Å². The Balaban J connectivity index is 0.000000218. The first kappa shape index (κ1) is 15.3. The Kier molecular flexibility index (Phi) is 4.73. The highest BCUT2D eigenvalue weighted by Crippen LogP contribution is 2.39. The van der Waals surface area contributed by atoms with E-state index in [-0.39, 0.29) is 17.2 Å². The van der Waals surface area contributed by atoms with E-state index in [4.69, 9.17) is 0 Å². The van der Waals surface area contributed by atoms with Gasteiger partial charge in [0.1, 0.15) is 5.82 Å². The van der Waals surface area contributed by atoms with Crippen LogP contribution >= 0.6 is 0 Å². The summed E-state index contributed by atoms with van der Waals surface area (Å²) >= 11 is 0. The number of nitrogens with zero attached hydrogens (tertiary/aromatic N) is 3. The molecule has 0 saturated heterocycles. The fourth-order valence-corrected chi connectivity index (χ4v) is 1.09. The molecule has 3 nitrogen and oxygen atoms in total. The Bertz CT molecular complexity index is 417. The number of pyridine rings is 1. The van der Waals surface area contributed by atoms with Crippen molar-refractivity contribution in [2.75, 3.05) is 6.54 Å². The molecule has 0 amide bonds. The van der Waals surface area contributed by atoms with Crippen molar-refractivity contribution >= 4 is 6.21 Å². The zero-order chi connectivity index (χ0) is 14.5. The summed E-state index contributed by atoms with van der Waals surface area (Å²) in [5, 5.41) is 2.66. The third-order valence-electron chi connectivity index (χ3n) is 2.00. The second kappa shape index (κ2) is 5.89. The maximum atomic E-state index is 12.3. The largest absolute Gasteiger partial charge is 0.477 e. The van der Waals surface area contributed by atoms with Crippen molar-refractivity contribution in [2.24, 2.45) is 5.10 Å². The zero-order valence-electron chi connectivity index (χ0n) is 9.41. The average molecular weight is 285 g/mol. The minimum absolute atomic E-state index is 0.117. The highest BCUT2D eigenvalue weighted by Gasteiger charge is 2.62. The van der Waals surface area contributed by atoms with Gasteiger partial charge < -0.3 is 0 Å².